The van der Waals surface area contributed by atoms with Gasteiger partial charge in [-0.25, -0.2) is 4.98 Å². The molecule has 0 spiro atoms. The highest BCUT2D eigenvalue weighted by Gasteiger charge is 2.14. The molecule has 1 aliphatic heterocycles. The van der Waals surface area contributed by atoms with Crippen molar-refractivity contribution in [2.24, 2.45) is 5.92 Å². The van der Waals surface area contributed by atoms with Crippen LogP contribution in [0.3, 0.4) is 0 Å². The fourth-order valence-electron chi connectivity index (χ4n) is 4.40. The molecular weight excluding hydrogens is 396 g/mol. The molecular formula is C27H34N4O. The number of carbonyl (C=O) groups is 1. The molecule has 32 heavy (non-hydrogen) atoms. The lowest BCUT2D eigenvalue weighted by Crippen LogP contribution is -2.29. The zero-order chi connectivity index (χ0) is 22.5. The van der Waals surface area contributed by atoms with Gasteiger partial charge in [0.25, 0.3) is 0 Å². The Morgan fingerprint density at radius 1 is 1.12 bits per heavy atom. The maximum atomic E-state index is 12.0. The highest BCUT2D eigenvalue weighted by atomic mass is 16.1. The van der Waals surface area contributed by atoms with Crippen LogP contribution in [0.25, 0.3) is 16.6 Å². The lowest BCUT2D eigenvalue weighted by molar-refractivity contribution is -0.118. The van der Waals surface area contributed by atoms with Crippen molar-refractivity contribution in [3.8, 4) is 0 Å². The average Bonchev–Trinajstić information content (AvgIpc) is 3.21. The van der Waals surface area contributed by atoms with E-state index < -0.39 is 0 Å². The van der Waals surface area contributed by atoms with Gasteiger partial charge in [0, 0.05) is 31.2 Å². The molecule has 3 aromatic rings. The molecule has 0 atom stereocenters. The Morgan fingerprint density at radius 2 is 1.91 bits per heavy atom. The second kappa shape index (κ2) is 10.1. The van der Waals surface area contributed by atoms with Crippen LogP contribution in [0.5, 0.6) is 0 Å². The van der Waals surface area contributed by atoms with Gasteiger partial charge in [0.1, 0.15) is 0 Å². The van der Waals surface area contributed by atoms with Gasteiger partial charge in [-0.3, -0.25) is 9.69 Å². The van der Waals surface area contributed by atoms with Crippen molar-refractivity contribution < 1.29 is 4.79 Å². The summed E-state index contributed by atoms with van der Waals surface area (Å²) in [5.74, 6) is -0.00416. The molecule has 0 bridgehead atoms. The Bertz CT molecular complexity index is 1100. The zero-order valence-electron chi connectivity index (χ0n) is 19.5. The number of carbonyl (C=O) groups excluding carboxylic acids is 1. The normalized spacial score (nSPS) is 14.7. The van der Waals surface area contributed by atoms with Crippen molar-refractivity contribution >= 4 is 28.2 Å². The van der Waals surface area contributed by atoms with Gasteiger partial charge in [-0.15, -0.1) is 0 Å². The van der Waals surface area contributed by atoms with E-state index in [1.54, 1.807) is 0 Å². The lowest BCUT2D eigenvalue weighted by Gasteiger charge is -2.26. The van der Waals surface area contributed by atoms with Gasteiger partial charge < -0.3 is 9.88 Å². The Kier molecular flexibility index (Phi) is 7.05. The fraction of sp³-hybridized carbons (Fsp3) is 0.407. The predicted octanol–water partition coefficient (Wildman–Crippen LogP) is 5.51. The van der Waals surface area contributed by atoms with Crippen LogP contribution in [0.1, 0.15) is 44.2 Å². The largest absolute Gasteiger partial charge is 0.330 e. The summed E-state index contributed by atoms with van der Waals surface area (Å²) < 4.78 is 2.25. The quantitative estimate of drug-likeness (QED) is 0.480. The van der Waals surface area contributed by atoms with E-state index in [1.165, 1.54) is 23.1 Å². The molecule has 1 aliphatic rings. The lowest BCUT2D eigenvalue weighted by atomic mass is 9.99. The molecule has 2 heterocycles. The van der Waals surface area contributed by atoms with Gasteiger partial charge in [-0.1, -0.05) is 50.3 Å². The third-order valence-electron chi connectivity index (χ3n) is 6.26. The highest BCUT2D eigenvalue weighted by Crippen LogP contribution is 2.24. The number of benzene rings is 2. The van der Waals surface area contributed by atoms with Crippen LogP contribution >= 0.6 is 0 Å². The molecule has 1 N–H and O–H groups in total. The van der Waals surface area contributed by atoms with E-state index in [4.69, 9.17) is 0 Å². The first kappa shape index (κ1) is 22.3. The van der Waals surface area contributed by atoms with Crippen molar-refractivity contribution in [3.05, 3.63) is 66.0 Å². The molecule has 1 amide bonds. The van der Waals surface area contributed by atoms with Crippen molar-refractivity contribution in [2.75, 3.05) is 25.0 Å². The summed E-state index contributed by atoms with van der Waals surface area (Å²) in [6.07, 6.45) is 7.76. The Hall–Kier alpha value is -2.92. The smallest absolute Gasteiger partial charge is 0.226 e. The van der Waals surface area contributed by atoms with Crippen molar-refractivity contribution in [1.29, 1.82) is 0 Å². The van der Waals surface area contributed by atoms with E-state index >= 15 is 0 Å². The number of nitrogens with zero attached hydrogens (tertiary/aromatic N) is 3. The second-order valence-electron chi connectivity index (χ2n) is 9.10. The summed E-state index contributed by atoms with van der Waals surface area (Å²) in [7, 11) is 0. The topological polar surface area (TPSA) is 50.2 Å². The molecule has 1 aromatic heterocycles. The number of aryl methyl sites for hydroxylation is 2. The van der Waals surface area contributed by atoms with Crippen molar-refractivity contribution in [3.63, 3.8) is 0 Å². The second-order valence-corrected chi connectivity index (χ2v) is 9.10. The number of nitrogens with one attached hydrogen (secondary N) is 1. The molecule has 5 nitrogen and oxygen atoms in total. The summed E-state index contributed by atoms with van der Waals surface area (Å²) in [4.78, 5) is 19.2. The summed E-state index contributed by atoms with van der Waals surface area (Å²) >= 11 is 0. The van der Waals surface area contributed by atoms with E-state index in [0.717, 1.165) is 55.8 Å². The van der Waals surface area contributed by atoms with Gasteiger partial charge in [0.05, 0.1) is 17.4 Å². The zero-order valence-corrected chi connectivity index (χ0v) is 19.5. The number of hydrogen-bond acceptors (Lipinski definition) is 3. The number of hydrogen-bond donors (Lipinski definition) is 1. The Labute approximate surface area is 191 Å². The van der Waals surface area contributed by atoms with E-state index in [-0.39, 0.29) is 11.8 Å². The predicted molar refractivity (Wildman–Crippen MR) is 133 cm³/mol. The molecule has 0 unspecified atom stereocenters. The number of aromatic nitrogens is 2. The van der Waals surface area contributed by atoms with Crippen LogP contribution in [0.4, 0.5) is 5.69 Å². The van der Waals surface area contributed by atoms with Gasteiger partial charge in [0.15, 0.2) is 0 Å². The summed E-state index contributed by atoms with van der Waals surface area (Å²) in [5, 5.41) is 2.99. The van der Waals surface area contributed by atoms with Gasteiger partial charge >= 0.3 is 0 Å². The fourth-order valence-corrected chi connectivity index (χ4v) is 4.40. The minimum absolute atomic E-state index is 0.0339. The molecule has 4 rings (SSSR count). The van der Waals surface area contributed by atoms with E-state index in [2.05, 4.69) is 63.1 Å². The first-order chi connectivity index (χ1) is 15.5. The number of rotatable bonds is 8. The van der Waals surface area contributed by atoms with Crippen LogP contribution in [-0.2, 0) is 11.3 Å². The highest BCUT2D eigenvalue weighted by molar-refractivity contribution is 5.94. The SMILES string of the molecule is Cc1cc(NC(=O)C(C)C)cc2ncn(CCCCN3CC=C(c4ccccc4)CC3)c12. The van der Waals surface area contributed by atoms with E-state index in [0.29, 0.717) is 0 Å². The molecule has 168 valence electrons. The minimum Gasteiger partial charge on any atom is -0.330 e. The molecule has 5 heteroatoms. The first-order valence-corrected chi connectivity index (χ1v) is 11.7. The number of amides is 1. The number of imidazole rings is 1. The van der Waals surface area contributed by atoms with Crippen LogP contribution < -0.4 is 5.32 Å². The summed E-state index contributed by atoms with van der Waals surface area (Å²) in [5.41, 5.74) is 6.92. The Balaban J connectivity index is 1.29. The van der Waals surface area contributed by atoms with Crippen molar-refractivity contribution in [1.82, 2.24) is 14.5 Å². The maximum absolute atomic E-state index is 12.0. The molecule has 0 aliphatic carbocycles. The van der Waals surface area contributed by atoms with E-state index in [9.17, 15) is 4.79 Å². The van der Waals surface area contributed by atoms with Crippen molar-refractivity contribution in [2.45, 2.75) is 46.6 Å². The summed E-state index contributed by atoms with van der Waals surface area (Å²) in [6.45, 7) is 10.2. The molecule has 0 saturated heterocycles. The number of unbranched alkanes of at least 4 members (excludes halogenated alkanes) is 1. The van der Waals surface area contributed by atoms with Gasteiger partial charge in [-0.05, 0) is 61.6 Å². The van der Waals surface area contributed by atoms with Crippen LogP contribution in [0.15, 0.2) is 54.9 Å². The third kappa shape index (κ3) is 5.28. The average molecular weight is 431 g/mol. The Morgan fingerprint density at radius 3 is 2.62 bits per heavy atom. The first-order valence-electron chi connectivity index (χ1n) is 11.7. The number of fused-ring (bicyclic) bond motifs is 1. The molecule has 0 saturated carbocycles. The van der Waals surface area contributed by atoms with Gasteiger partial charge in [0.2, 0.25) is 5.91 Å². The molecule has 0 fully saturated rings. The summed E-state index contributed by atoms with van der Waals surface area (Å²) in [6, 6.07) is 14.8. The van der Waals surface area contributed by atoms with Crippen LogP contribution in [0.2, 0.25) is 0 Å². The third-order valence-corrected chi connectivity index (χ3v) is 6.26. The monoisotopic (exact) mass is 430 g/mol. The van der Waals surface area contributed by atoms with Crippen LogP contribution in [-0.4, -0.2) is 40.0 Å². The van der Waals surface area contributed by atoms with E-state index in [1.807, 2.05) is 32.3 Å². The molecule has 0 radical (unpaired) electrons. The van der Waals surface area contributed by atoms with Gasteiger partial charge in [-0.2, -0.15) is 0 Å². The maximum Gasteiger partial charge on any atom is 0.226 e. The minimum atomic E-state index is -0.0381. The molecule has 2 aromatic carbocycles. The standard InChI is InChI=1S/C27H34N4O/c1-20(2)27(32)29-24-17-21(3)26-25(18-24)28-19-31(26)14-8-7-13-30-15-11-23(12-16-30)22-9-5-4-6-10-22/h4-6,9-11,17-20H,7-8,12-16H2,1-3H3,(H,29,32). The van der Waals surface area contributed by atoms with Crippen LogP contribution in [0, 0.1) is 12.8 Å². The number of anilines is 1.